The molecule has 1 aromatic carbocycles. The zero-order valence-corrected chi connectivity index (χ0v) is 22.0. The monoisotopic (exact) mass is 525 g/mol. The van der Waals surface area contributed by atoms with Crippen LogP contribution in [0.5, 0.6) is 5.88 Å². The molecular formula is C25H31N7O4S. The van der Waals surface area contributed by atoms with E-state index in [1.54, 1.807) is 24.7 Å². The number of methoxy groups -OCH3 is 1. The van der Waals surface area contributed by atoms with E-state index in [4.69, 9.17) is 14.3 Å². The molecule has 3 N–H and O–H groups in total. The summed E-state index contributed by atoms with van der Waals surface area (Å²) in [7, 11) is -2.33. The number of nitrogens with one attached hydrogen (secondary N) is 1. The van der Waals surface area contributed by atoms with Crippen molar-refractivity contribution in [2.45, 2.75) is 32.2 Å². The highest BCUT2D eigenvalue weighted by Crippen LogP contribution is 2.34. The summed E-state index contributed by atoms with van der Waals surface area (Å²) in [6.07, 6.45) is 5.15. The third-order valence-corrected chi connectivity index (χ3v) is 7.38. The number of fused-ring (bicyclic) bond motifs is 1. The molecule has 1 fully saturated rings. The Labute approximate surface area is 215 Å². The van der Waals surface area contributed by atoms with Crippen LogP contribution < -0.4 is 9.88 Å². The van der Waals surface area contributed by atoms with E-state index >= 15 is 0 Å². The van der Waals surface area contributed by atoms with Crippen molar-refractivity contribution in [3.05, 3.63) is 48.1 Å². The van der Waals surface area contributed by atoms with Crippen LogP contribution in [0.3, 0.4) is 0 Å². The van der Waals surface area contributed by atoms with E-state index in [9.17, 15) is 8.42 Å². The number of nitrogens with zero attached hydrogens (tertiary/aromatic N) is 5. The molecule has 12 heteroatoms. The van der Waals surface area contributed by atoms with Gasteiger partial charge in [-0.25, -0.2) is 23.5 Å². The maximum atomic E-state index is 11.7. The molecule has 0 unspecified atom stereocenters. The number of primary sulfonamides is 1. The number of hydrogen-bond acceptors (Lipinski definition) is 9. The minimum Gasteiger partial charge on any atom is -0.481 e. The van der Waals surface area contributed by atoms with Gasteiger partial charge in [-0.1, -0.05) is 0 Å². The number of aromatic amines is 1. The standard InChI is InChI=1S/C25H31N7O4S/c1-16(2)32-6-4-31(5-7-32)14-20-12-28-25(36-20)21-9-17(10-23-22(21)13-29-30-23)18-8-19(15-37(26,33)34)24(35-3)27-11-18/h8-13,16H,4-7,14-15H2,1-3H3,(H,29,30)(H2,26,33,34). The van der Waals surface area contributed by atoms with E-state index < -0.39 is 10.0 Å². The van der Waals surface area contributed by atoms with Crippen LogP contribution in [-0.2, 0) is 22.3 Å². The van der Waals surface area contributed by atoms with Crippen molar-refractivity contribution in [1.29, 1.82) is 0 Å². The Morgan fingerprint density at radius 1 is 1.08 bits per heavy atom. The predicted molar refractivity (Wildman–Crippen MR) is 140 cm³/mol. The third-order valence-electron chi connectivity index (χ3n) is 6.67. The Balaban J connectivity index is 1.44. The SMILES string of the molecule is COc1ncc(-c2cc(-c3ncc(CN4CCN(C(C)C)CC4)o3)c3cn[nH]c3c2)cc1CS(N)(=O)=O. The minimum atomic E-state index is -3.77. The number of piperazine rings is 1. The summed E-state index contributed by atoms with van der Waals surface area (Å²) >= 11 is 0. The second-order valence-electron chi connectivity index (χ2n) is 9.59. The van der Waals surface area contributed by atoms with Crippen LogP contribution in [0.15, 0.2) is 41.2 Å². The Hall–Kier alpha value is -3.32. The number of aromatic nitrogens is 4. The summed E-state index contributed by atoms with van der Waals surface area (Å²) < 4.78 is 34.9. The number of rotatable bonds is 8. The van der Waals surface area contributed by atoms with Gasteiger partial charge in [0.2, 0.25) is 21.8 Å². The summed E-state index contributed by atoms with van der Waals surface area (Å²) in [6, 6.07) is 6.14. The van der Waals surface area contributed by atoms with Crippen LogP contribution in [0.1, 0.15) is 25.2 Å². The average Bonchev–Trinajstić information content (AvgIpc) is 3.52. The van der Waals surface area contributed by atoms with Crippen LogP contribution in [0.4, 0.5) is 0 Å². The molecule has 4 heterocycles. The molecule has 1 saturated heterocycles. The number of ether oxygens (including phenoxy) is 1. The molecule has 0 radical (unpaired) electrons. The molecule has 37 heavy (non-hydrogen) atoms. The lowest BCUT2D eigenvalue weighted by atomic mass is 10.0. The van der Waals surface area contributed by atoms with E-state index in [2.05, 4.69) is 43.8 Å². The highest BCUT2D eigenvalue weighted by molar-refractivity contribution is 7.88. The van der Waals surface area contributed by atoms with Gasteiger partial charge < -0.3 is 9.15 Å². The molecule has 196 valence electrons. The molecule has 0 atom stereocenters. The van der Waals surface area contributed by atoms with Crippen molar-refractivity contribution in [3.8, 4) is 28.5 Å². The Kier molecular flexibility index (Phi) is 6.99. The van der Waals surface area contributed by atoms with Crippen molar-refractivity contribution in [2.24, 2.45) is 5.14 Å². The number of pyridine rings is 1. The maximum absolute atomic E-state index is 11.7. The first kappa shape index (κ1) is 25.3. The zero-order chi connectivity index (χ0) is 26.2. The Morgan fingerprint density at radius 3 is 2.57 bits per heavy atom. The van der Waals surface area contributed by atoms with Crippen molar-refractivity contribution in [2.75, 3.05) is 33.3 Å². The Bertz CT molecular complexity index is 1500. The molecule has 0 amide bonds. The van der Waals surface area contributed by atoms with Gasteiger partial charge in [0.1, 0.15) is 5.76 Å². The van der Waals surface area contributed by atoms with Crippen molar-refractivity contribution >= 4 is 20.9 Å². The summed E-state index contributed by atoms with van der Waals surface area (Å²) in [4.78, 5) is 13.7. The van der Waals surface area contributed by atoms with E-state index in [0.29, 0.717) is 29.6 Å². The molecule has 1 aliphatic rings. The molecule has 0 spiro atoms. The quantitative estimate of drug-likeness (QED) is 0.355. The Morgan fingerprint density at radius 2 is 1.86 bits per heavy atom. The van der Waals surface area contributed by atoms with Crippen LogP contribution in [0, 0.1) is 0 Å². The fourth-order valence-corrected chi connectivity index (χ4v) is 5.36. The smallest absolute Gasteiger partial charge is 0.227 e. The number of oxazole rings is 1. The topological polar surface area (TPSA) is 143 Å². The van der Waals surface area contributed by atoms with Gasteiger partial charge in [0.15, 0.2) is 0 Å². The van der Waals surface area contributed by atoms with Gasteiger partial charge in [0.05, 0.1) is 37.3 Å². The number of sulfonamides is 1. The normalized spacial score (nSPS) is 15.6. The lowest BCUT2D eigenvalue weighted by molar-refractivity contribution is 0.0992. The predicted octanol–water partition coefficient (Wildman–Crippen LogP) is 2.60. The number of hydrogen-bond donors (Lipinski definition) is 2. The van der Waals surface area contributed by atoms with Gasteiger partial charge >= 0.3 is 0 Å². The molecule has 11 nitrogen and oxygen atoms in total. The van der Waals surface area contributed by atoms with Crippen LogP contribution in [0.2, 0.25) is 0 Å². The summed E-state index contributed by atoms with van der Waals surface area (Å²) in [5.74, 6) is 1.13. The van der Waals surface area contributed by atoms with Gasteiger partial charge in [-0.2, -0.15) is 5.10 Å². The maximum Gasteiger partial charge on any atom is 0.227 e. The average molecular weight is 526 g/mol. The van der Waals surface area contributed by atoms with Crippen molar-refractivity contribution in [3.63, 3.8) is 0 Å². The van der Waals surface area contributed by atoms with Crippen molar-refractivity contribution < 1.29 is 17.6 Å². The zero-order valence-electron chi connectivity index (χ0n) is 21.1. The minimum absolute atomic E-state index is 0.215. The van der Waals surface area contributed by atoms with Crippen molar-refractivity contribution in [1.82, 2.24) is 30.0 Å². The van der Waals surface area contributed by atoms with Crippen LogP contribution in [-0.4, -0.2) is 77.7 Å². The summed E-state index contributed by atoms with van der Waals surface area (Å²) in [6.45, 7) is 9.21. The number of H-pyrrole nitrogens is 1. The van der Waals surface area contributed by atoms with Gasteiger partial charge in [0, 0.05) is 60.5 Å². The molecule has 4 aromatic rings. The van der Waals surface area contributed by atoms with E-state index in [1.807, 2.05) is 12.1 Å². The summed E-state index contributed by atoms with van der Waals surface area (Å²) in [5, 5.41) is 13.4. The van der Waals surface area contributed by atoms with Gasteiger partial charge in [-0.05, 0) is 37.6 Å². The van der Waals surface area contributed by atoms with Gasteiger partial charge in [-0.3, -0.25) is 14.9 Å². The fourth-order valence-electron chi connectivity index (χ4n) is 4.72. The summed E-state index contributed by atoms with van der Waals surface area (Å²) in [5.41, 5.74) is 3.45. The van der Waals surface area contributed by atoms with Crippen LogP contribution >= 0.6 is 0 Å². The first-order chi connectivity index (χ1) is 17.7. The van der Waals surface area contributed by atoms with E-state index in [1.165, 1.54) is 7.11 Å². The molecule has 0 aliphatic carbocycles. The molecule has 3 aromatic heterocycles. The highest BCUT2D eigenvalue weighted by atomic mass is 32.2. The highest BCUT2D eigenvalue weighted by Gasteiger charge is 2.21. The molecule has 1 aliphatic heterocycles. The number of benzene rings is 1. The van der Waals surface area contributed by atoms with E-state index in [0.717, 1.165) is 54.0 Å². The first-order valence-corrected chi connectivity index (χ1v) is 13.8. The molecule has 5 rings (SSSR count). The second kappa shape index (κ2) is 10.2. The lowest BCUT2D eigenvalue weighted by Crippen LogP contribution is -2.48. The molecule has 0 bridgehead atoms. The second-order valence-corrected chi connectivity index (χ2v) is 11.2. The molecular weight excluding hydrogens is 494 g/mol. The van der Waals surface area contributed by atoms with Gasteiger partial charge in [-0.15, -0.1) is 0 Å². The number of nitrogens with two attached hydrogens (primary N) is 1. The first-order valence-electron chi connectivity index (χ1n) is 12.1. The van der Waals surface area contributed by atoms with Crippen LogP contribution in [0.25, 0.3) is 33.5 Å². The largest absolute Gasteiger partial charge is 0.481 e. The fraction of sp³-hybridized carbons (Fsp3) is 0.400. The van der Waals surface area contributed by atoms with E-state index in [-0.39, 0.29) is 11.6 Å². The lowest BCUT2D eigenvalue weighted by Gasteiger charge is -2.36. The van der Waals surface area contributed by atoms with Gasteiger partial charge in [0.25, 0.3) is 0 Å². The molecule has 0 saturated carbocycles. The third kappa shape index (κ3) is 5.67.